The molecule has 1 aliphatic carbocycles. The van der Waals surface area contributed by atoms with Crippen molar-refractivity contribution in [3.63, 3.8) is 0 Å². The predicted octanol–water partition coefficient (Wildman–Crippen LogP) is 1.90. The molecule has 1 nitrogen and oxygen atoms in total. The quantitative estimate of drug-likeness (QED) is 0.499. The molecular weight excluding hydrogens is 225 g/mol. The van der Waals surface area contributed by atoms with Crippen LogP contribution in [-0.4, -0.2) is 29.0 Å². The van der Waals surface area contributed by atoms with Crippen LogP contribution in [0.15, 0.2) is 0 Å². The van der Waals surface area contributed by atoms with Crippen LogP contribution in [0.2, 0.25) is 0 Å². The highest BCUT2D eigenvalue weighted by Crippen LogP contribution is 2.28. The van der Waals surface area contributed by atoms with E-state index in [9.17, 15) is 0 Å². The second kappa shape index (κ2) is 3.19. The molecule has 0 aromatic rings. The molecular formula is C7H14IN. The molecule has 0 radical (unpaired) electrons. The molecule has 9 heavy (non-hydrogen) atoms. The Morgan fingerprint density at radius 3 is 2.22 bits per heavy atom. The zero-order valence-electron chi connectivity index (χ0n) is 6.10. The molecule has 1 aliphatic rings. The lowest BCUT2D eigenvalue weighted by Crippen LogP contribution is -2.31. The fourth-order valence-corrected chi connectivity index (χ4v) is 2.92. The van der Waals surface area contributed by atoms with Crippen LogP contribution in [0.3, 0.4) is 0 Å². The van der Waals surface area contributed by atoms with Gasteiger partial charge in [-0.05, 0) is 26.9 Å². The van der Waals surface area contributed by atoms with Crippen molar-refractivity contribution in [1.82, 2.24) is 4.90 Å². The maximum Gasteiger partial charge on any atom is 0.0265 e. The first-order valence-corrected chi connectivity index (χ1v) is 4.77. The van der Waals surface area contributed by atoms with E-state index in [1.165, 1.54) is 19.3 Å². The van der Waals surface area contributed by atoms with Crippen molar-refractivity contribution < 1.29 is 0 Å². The molecule has 0 aromatic carbocycles. The van der Waals surface area contributed by atoms with E-state index in [1.54, 1.807) is 0 Å². The van der Waals surface area contributed by atoms with Gasteiger partial charge in [0.15, 0.2) is 0 Å². The van der Waals surface area contributed by atoms with Crippen LogP contribution in [0, 0.1) is 0 Å². The molecule has 0 aliphatic heterocycles. The minimum absolute atomic E-state index is 0.852. The van der Waals surface area contributed by atoms with Gasteiger partial charge in [-0.15, -0.1) is 0 Å². The van der Waals surface area contributed by atoms with Crippen molar-refractivity contribution in [2.75, 3.05) is 14.1 Å². The van der Waals surface area contributed by atoms with Crippen LogP contribution < -0.4 is 0 Å². The third-order valence-corrected chi connectivity index (χ3v) is 3.51. The van der Waals surface area contributed by atoms with E-state index in [2.05, 4.69) is 41.6 Å². The smallest absolute Gasteiger partial charge is 0.0265 e. The average molecular weight is 239 g/mol. The van der Waals surface area contributed by atoms with Crippen LogP contribution in [0.25, 0.3) is 0 Å². The third-order valence-electron chi connectivity index (χ3n) is 2.06. The fraction of sp³-hybridized carbons (Fsp3) is 1.00. The van der Waals surface area contributed by atoms with Crippen molar-refractivity contribution in [3.8, 4) is 0 Å². The summed E-state index contributed by atoms with van der Waals surface area (Å²) in [5, 5.41) is 0. The van der Waals surface area contributed by atoms with Crippen molar-refractivity contribution in [1.29, 1.82) is 0 Å². The SMILES string of the molecule is CN(C)C1CCCC1I. The first-order valence-electron chi connectivity index (χ1n) is 3.52. The predicted molar refractivity (Wildman–Crippen MR) is 49.1 cm³/mol. The lowest BCUT2D eigenvalue weighted by molar-refractivity contribution is 0.308. The standard InChI is InChI=1S/C7H14IN/c1-9(2)7-5-3-4-6(7)8/h6-7H,3-5H2,1-2H3. The zero-order valence-corrected chi connectivity index (χ0v) is 8.26. The van der Waals surface area contributed by atoms with E-state index < -0.39 is 0 Å². The number of halogens is 1. The Balaban J connectivity index is 2.40. The first kappa shape index (κ1) is 7.79. The van der Waals surface area contributed by atoms with Gasteiger partial charge in [0, 0.05) is 9.97 Å². The highest BCUT2D eigenvalue weighted by molar-refractivity contribution is 14.1. The van der Waals surface area contributed by atoms with Crippen LogP contribution in [-0.2, 0) is 0 Å². The Kier molecular flexibility index (Phi) is 2.76. The Bertz CT molecular complexity index is 92.9. The molecule has 0 spiro atoms. The highest BCUT2D eigenvalue weighted by Gasteiger charge is 2.25. The second-order valence-electron chi connectivity index (χ2n) is 2.98. The molecule has 1 rings (SSSR count). The summed E-state index contributed by atoms with van der Waals surface area (Å²) >= 11 is 2.57. The van der Waals surface area contributed by atoms with Crippen LogP contribution in [0.5, 0.6) is 0 Å². The Labute approximate surface area is 70.9 Å². The molecule has 1 saturated carbocycles. The van der Waals surface area contributed by atoms with Gasteiger partial charge in [-0.2, -0.15) is 0 Å². The van der Waals surface area contributed by atoms with Gasteiger partial charge < -0.3 is 4.90 Å². The number of nitrogens with zero attached hydrogens (tertiary/aromatic N) is 1. The topological polar surface area (TPSA) is 3.24 Å². The lowest BCUT2D eigenvalue weighted by atomic mass is 10.2. The maximum atomic E-state index is 2.57. The van der Waals surface area contributed by atoms with Gasteiger partial charge in [0.25, 0.3) is 0 Å². The van der Waals surface area contributed by atoms with Gasteiger partial charge in [0.2, 0.25) is 0 Å². The molecule has 0 saturated heterocycles. The summed E-state index contributed by atoms with van der Waals surface area (Å²) in [4.78, 5) is 2.35. The van der Waals surface area contributed by atoms with Crippen molar-refractivity contribution >= 4 is 22.6 Å². The largest absolute Gasteiger partial charge is 0.305 e. The normalized spacial score (nSPS) is 36.0. The average Bonchev–Trinajstić information content (AvgIpc) is 2.13. The maximum absolute atomic E-state index is 2.57. The number of rotatable bonds is 1. The molecule has 2 unspecified atom stereocenters. The molecule has 2 atom stereocenters. The summed E-state index contributed by atoms with van der Waals surface area (Å²) in [5.74, 6) is 0. The lowest BCUT2D eigenvalue weighted by Gasteiger charge is -2.21. The van der Waals surface area contributed by atoms with Gasteiger partial charge in [-0.3, -0.25) is 0 Å². The monoisotopic (exact) mass is 239 g/mol. The molecule has 0 aromatic heterocycles. The van der Waals surface area contributed by atoms with Gasteiger partial charge in [-0.25, -0.2) is 0 Å². The van der Waals surface area contributed by atoms with Gasteiger partial charge in [0.05, 0.1) is 0 Å². The van der Waals surface area contributed by atoms with E-state index in [1.807, 2.05) is 0 Å². The fourth-order valence-electron chi connectivity index (χ4n) is 1.48. The summed E-state index contributed by atoms with van der Waals surface area (Å²) in [6, 6.07) is 0.852. The van der Waals surface area contributed by atoms with Gasteiger partial charge in [-0.1, -0.05) is 29.0 Å². The summed E-state index contributed by atoms with van der Waals surface area (Å²) in [7, 11) is 4.36. The first-order chi connectivity index (χ1) is 4.22. The van der Waals surface area contributed by atoms with Crippen LogP contribution in [0.1, 0.15) is 19.3 Å². The molecule has 0 heterocycles. The Hall–Kier alpha value is 0.690. The van der Waals surface area contributed by atoms with E-state index >= 15 is 0 Å². The van der Waals surface area contributed by atoms with Crippen LogP contribution >= 0.6 is 22.6 Å². The van der Waals surface area contributed by atoms with E-state index in [4.69, 9.17) is 0 Å². The summed E-state index contributed by atoms with van der Waals surface area (Å²) in [5.41, 5.74) is 0. The minimum Gasteiger partial charge on any atom is -0.305 e. The van der Waals surface area contributed by atoms with Crippen molar-refractivity contribution in [2.45, 2.75) is 29.2 Å². The molecule has 0 N–H and O–H groups in total. The molecule has 2 heteroatoms. The van der Waals surface area contributed by atoms with Gasteiger partial charge >= 0.3 is 0 Å². The highest BCUT2D eigenvalue weighted by atomic mass is 127. The van der Waals surface area contributed by atoms with E-state index in [0.29, 0.717) is 0 Å². The number of hydrogen-bond donors (Lipinski definition) is 0. The molecule has 0 bridgehead atoms. The summed E-state index contributed by atoms with van der Waals surface area (Å²) in [6.07, 6.45) is 4.25. The zero-order chi connectivity index (χ0) is 6.85. The Morgan fingerprint density at radius 1 is 1.33 bits per heavy atom. The third kappa shape index (κ3) is 1.80. The van der Waals surface area contributed by atoms with Crippen molar-refractivity contribution in [3.05, 3.63) is 0 Å². The van der Waals surface area contributed by atoms with Crippen LogP contribution in [0.4, 0.5) is 0 Å². The Morgan fingerprint density at radius 2 is 2.00 bits per heavy atom. The number of alkyl halides is 1. The summed E-state index contributed by atoms with van der Waals surface area (Å²) < 4.78 is 0.901. The van der Waals surface area contributed by atoms with E-state index in [0.717, 1.165) is 9.97 Å². The number of hydrogen-bond acceptors (Lipinski definition) is 1. The van der Waals surface area contributed by atoms with E-state index in [-0.39, 0.29) is 0 Å². The second-order valence-corrected chi connectivity index (χ2v) is 4.58. The molecule has 1 fully saturated rings. The molecule has 0 amide bonds. The minimum atomic E-state index is 0.852. The van der Waals surface area contributed by atoms with Crippen molar-refractivity contribution in [2.24, 2.45) is 0 Å². The molecule has 54 valence electrons. The summed E-state index contributed by atoms with van der Waals surface area (Å²) in [6.45, 7) is 0. The van der Waals surface area contributed by atoms with Gasteiger partial charge in [0.1, 0.15) is 0 Å².